The topological polar surface area (TPSA) is 94.3 Å². The third-order valence-corrected chi connectivity index (χ3v) is 6.79. The van der Waals surface area contributed by atoms with Crippen molar-refractivity contribution in [2.45, 2.75) is 32.2 Å². The number of amides is 2. The van der Waals surface area contributed by atoms with Crippen LogP contribution in [0.4, 0.5) is 5.69 Å². The monoisotopic (exact) mass is 486 g/mol. The van der Waals surface area contributed by atoms with Crippen LogP contribution in [-0.2, 0) is 18.9 Å². The highest BCUT2D eigenvalue weighted by Crippen LogP contribution is 2.36. The summed E-state index contributed by atoms with van der Waals surface area (Å²) >= 11 is 0. The Kier molecular flexibility index (Phi) is 6.22. The highest BCUT2D eigenvalue weighted by Gasteiger charge is 2.32. The molecule has 0 spiro atoms. The quantitative estimate of drug-likeness (QED) is 0.454. The largest absolute Gasteiger partial charge is 0.496 e. The number of rotatable bonds is 5. The van der Waals surface area contributed by atoms with Crippen molar-refractivity contribution in [2.24, 2.45) is 14.1 Å². The summed E-state index contributed by atoms with van der Waals surface area (Å²) < 4.78 is 9.45. The van der Waals surface area contributed by atoms with E-state index in [4.69, 9.17) is 9.72 Å². The van der Waals surface area contributed by atoms with E-state index in [9.17, 15) is 9.59 Å². The molecule has 1 saturated heterocycles. The van der Waals surface area contributed by atoms with E-state index >= 15 is 0 Å². The van der Waals surface area contributed by atoms with Gasteiger partial charge >= 0.3 is 0 Å². The summed E-state index contributed by atoms with van der Waals surface area (Å²) in [5.41, 5.74) is 3.22. The average molecular weight is 487 g/mol. The fourth-order valence-corrected chi connectivity index (χ4v) is 5.14. The fourth-order valence-electron chi connectivity index (χ4n) is 5.14. The van der Waals surface area contributed by atoms with Crippen LogP contribution in [0.15, 0.2) is 48.8 Å². The Labute approximate surface area is 209 Å². The number of benzene rings is 2. The summed E-state index contributed by atoms with van der Waals surface area (Å²) in [5.74, 6) is 1.94. The summed E-state index contributed by atoms with van der Waals surface area (Å²) in [6, 6.07) is 11.1. The predicted octanol–water partition coefficient (Wildman–Crippen LogP) is 4.31. The fraction of sp³-hybridized carbons (Fsp3) is 0.333. The number of carbonyl (C=O) groups is 2. The molecule has 9 heteroatoms. The van der Waals surface area contributed by atoms with Gasteiger partial charge in [0.25, 0.3) is 5.91 Å². The molecule has 2 aromatic carbocycles. The van der Waals surface area contributed by atoms with Crippen LogP contribution in [0.25, 0.3) is 22.4 Å². The third kappa shape index (κ3) is 4.10. The predicted molar refractivity (Wildman–Crippen MR) is 138 cm³/mol. The maximum absolute atomic E-state index is 13.9. The molecule has 1 aliphatic heterocycles. The number of nitrogens with zero attached hydrogens (tertiary/aromatic N) is 5. The van der Waals surface area contributed by atoms with Gasteiger partial charge in [-0.15, -0.1) is 0 Å². The Balaban J connectivity index is 1.63. The van der Waals surface area contributed by atoms with Crippen molar-refractivity contribution < 1.29 is 14.3 Å². The first-order valence-corrected chi connectivity index (χ1v) is 12.1. The molecule has 4 aromatic rings. The number of nitrogens with one attached hydrogen (secondary N) is 1. The van der Waals surface area contributed by atoms with E-state index in [0.29, 0.717) is 34.9 Å². The minimum atomic E-state index is -0.218. The van der Waals surface area contributed by atoms with E-state index < -0.39 is 0 Å². The van der Waals surface area contributed by atoms with Gasteiger partial charge in [0.15, 0.2) is 0 Å². The number of carbonyl (C=O) groups excluding carboxylic acids is 2. The van der Waals surface area contributed by atoms with Crippen molar-refractivity contribution in [3.63, 3.8) is 0 Å². The summed E-state index contributed by atoms with van der Waals surface area (Å²) in [5, 5.41) is 2.91. The number of aromatic nitrogens is 4. The minimum absolute atomic E-state index is 0.0966. The Morgan fingerprint density at radius 3 is 2.67 bits per heavy atom. The highest BCUT2D eigenvalue weighted by molar-refractivity contribution is 6.06. The lowest BCUT2D eigenvalue weighted by Gasteiger charge is -2.35. The number of imidazole rings is 2. The molecule has 0 radical (unpaired) electrons. The average Bonchev–Trinajstić information content (AvgIpc) is 3.45. The number of aryl methyl sites for hydroxylation is 2. The van der Waals surface area contributed by atoms with Crippen molar-refractivity contribution in [1.29, 1.82) is 0 Å². The molecule has 186 valence electrons. The van der Waals surface area contributed by atoms with Crippen molar-refractivity contribution in [3.05, 3.63) is 60.2 Å². The van der Waals surface area contributed by atoms with Gasteiger partial charge in [-0.1, -0.05) is 12.1 Å². The molecule has 0 bridgehead atoms. The molecular formula is C27H30N6O3. The van der Waals surface area contributed by atoms with Crippen molar-refractivity contribution >= 4 is 28.5 Å². The number of anilines is 1. The number of hydrogen-bond acceptors (Lipinski definition) is 5. The first-order chi connectivity index (χ1) is 17.4. The summed E-state index contributed by atoms with van der Waals surface area (Å²) in [6.45, 7) is 2.11. The first-order valence-electron chi connectivity index (χ1n) is 12.1. The van der Waals surface area contributed by atoms with Gasteiger partial charge < -0.3 is 24.1 Å². The van der Waals surface area contributed by atoms with Gasteiger partial charge in [-0.3, -0.25) is 9.59 Å². The van der Waals surface area contributed by atoms with Crippen LogP contribution >= 0.6 is 0 Å². The van der Waals surface area contributed by atoms with E-state index in [2.05, 4.69) is 10.3 Å². The molecule has 0 unspecified atom stereocenters. The molecular weight excluding hydrogens is 456 g/mol. The maximum atomic E-state index is 13.9. The van der Waals surface area contributed by atoms with Crippen molar-refractivity contribution in [3.8, 4) is 17.1 Å². The van der Waals surface area contributed by atoms with Crippen LogP contribution in [0.3, 0.4) is 0 Å². The van der Waals surface area contributed by atoms with Gasteiger partial charge in [-0.05, 0) is 43.5 Å². The zero-order valence-electron chi connectivity index (χ0n) is 21.0. The Bertz CT molecular complexity index is 1450. The number of likely N-dealkylation sites (tertiary alicyclic amines) is 1. The van der Waals surface area contributed by atoms with E-state index in [1.54, 1.807) is 19.4 Å². The minimum Gasteiger partial charge on any atom is -0.496 e. The summed E-state index contributed by atoms with van der Waals surface area (Å²) in [6.07, 6.45) is 6.51. The molecule has 1 aliphatic rings. The van der Waals surface area contributed by atoms with Crippen LogP contribution < -0.4 is 10.1 Å². The van der Waals surface area contributed by atoms with Crippen LogP contribution in [0.1, 0.15) is 48.4 Å². The van der Waals surface area contributed by atoms with Gasteiger partial charge in [0.1, 0.15) is 17.4 Å². The normalized spacial score (nSPS) is 15.8. The van der Waals surface area contributed by atoms with Crippen LogP contribution in [0.5, 0.6) is 5.75 Å². The number of hydrogen-bond donors (Lipinski definition) is 1. The molecule has 1 N–H and O–H groups in total. The third-order valence-electron chi connectivity index (χ3n) is 6.79. The van der Waals surface area contributed by atoms with Gasteiger partial charge in [0.2, 0.25) is 5.91 Å². The van der Waals surface area contributed by atoms with E-state index in [1.165, 1.54) is 6.92 Å². The standard InChI is InChI=1S/C27H30N6O3/c1-17(34)29-20-15-18(27(35)33-13-8-7-10-22(33)26-28-12-14-31(26)2)16-21-24(20)32(3)25(30-21)19-9-5-6-11-23(19)36-4/h5-6,9,11-12,14-16,22H,7-8,10,13H2,1-4H3,(H,29,34)/t22-/m0/s1. The second-order valence-corrected chi connectivity index (χ2v) is 9.17. The molecule has 36 heavy (non-hydrogen) atoms. The van der Waals surface area contributed by atoms with Gasteiger partial charge in [-0.25, -0.2) is 9.97 Å². The number of methoxy groups -OCH3 is 1. The number of ether oxygens (including phenoxy) is 1. The highest BCUT2D eigenvalue weighted by atomic mass is 16.5. The SMILES string of the molecule is COc1ccccc1-c1nc2cc(C(=O)N3CCCC[C@H]3c3nccn3C)cc(NC(C)=O)c2n1C. The number of piperidine rings is 1. The van der Waals surface area contributed by atoms with Gasteiger partial charge in [0.05, 0.1) is 35.4 Å². The number of fused-ring (bicyclic) bond motifs is 1. The Morgan fingerprint density at radius 2 is 1.94 bits per heavy atom. The molecule has 3 heterocycles. The zero-order chi connectivity index (χ0) is 25.4. The molecule has 2 amide bonds. The molecule has 5 rings (SSSR count). The lowest BCUT2D eigenvalue weighted by Crippen LogP contribution is -2.39. The lowest BCUT2D eigenvalue weighted by atomic mass is 9.99. The number of para-hydroxylation sites is 1. The molecule has 0 saturated carbocycles. The Hall–Kier alpha value is -4.14. The van der Waals surface area contributed by atoms with Crippen LogP contribution in [0.2, 0.25) is 0 Å². The molecule has 0 aliphatic carbocycles. The molecule has 9 nitrogen and oxygen atoms in total. The second kappa shape index (κ2) is 9.49. The van der Waals surface area contributed by atoms with Gasteiger partial charge in [-0.2, -0.15) is 0 Å². The zero-order valence-corrected chi connectivity index (χ0v) is 21.0. The van der Waals surface area contributed by atoms with E-state index in [0.717, 1.165) is 36.2 Å². The molecule has 1 atom stereocenters. The molecule has 1 fully saturated rings. The van der Waals surface area contributed by atoms with E-state index in [1.807, 2.05) is 64.7 Å². The summed E-state index contributed by atoms with van der Waals surface area (Å²) in [7, 11) is 5.47. The lowest BCUT2D eigenvalue weighted by molar-refractivity contribution is -0.114. The summed E-state index contributed by atoms with van der Waals surface area (Å²) in [4.78, 5) is 37.3. The second-order valence-electron chi connectivity index (χ2n) is 9.17. The van der Waals surface area contributed by atoms with Crippen LogP contribution in [0, 0.1) is 0 Å². The smallest absolute Gasteiger partial charge is 0.254 e. The van der Waals surface area contributed by atoms with Crippen molar-refractivity contribution in [2.75, 3.05) is 19.0 Å². The van der Waals surface area contributed by atoms with Crippen LogP contribution in [-0.4, -0.2) is 49.5 Å². The maximum Gasteiger partial charge on any atom is 0.254 e. The molecule has 2 aromatic heterocycles. The van der Waals surface area contributed by atoms with Gasteiger partial charge in [0, 0.05) is 45.5 Å². The first kappa shape index (κ1) is 23.6. The Morgan fingerprint density at radius 1 is 1.14 bits per heavy atom. The van der Waals surface area contributed by atoms with E-state index in [-0.39, 0.29) is 17.9 Å². The van der Waals surface area contributed by atoms with Crippen molar-refractivity contribution in [1.82, 2.24) is 24.0 Å².